The van der Waals surface area contributed by atoms with Gasteiger partial charge < -0.3 is 19.9 Å². The average Bonchev–Trinajstić information content (AvgIpc) is 3.29. The maximum absolute atomic E-state index is 13.8. The molecule has 0 saturated carbocycles. The molecule has 5 rings (SSSR count). The van der Waals surface area contributed by atoms with Crippen LogP contribution in [0.4, 0.5) is 16.3 Å². The second-order valence-corrected chi connectivity index (χ2v) is 12.7. The van der Waals surface area contributed by atoms with Gasteiger partial charge in [0.2, 0.25) is 10.9 Å². The molecule has 2 aliphatic rings. The number of fused-ring (bicyclic) bond motifs is 1. The van der Waals surface area contributed by atoms with Crippen molar-refractivity contribution < 1.29 is 22.7 Å². The molecule has 41 heavy (non-hydrogen) atoms. The van der Waals surface area contributed by atoms with Gasteiger partial charge in [-0.1, -0.05) is 23.2 Å². The molecule has 3 aromatic rings. The van der Waals surface area contributed by atoms with Crippen LogP contribution in [0.3, 0.4) is 0 Å². The summed E-state index contributed by atoms with van der Waals surface area (Å²) in [4.78, 5) is 34.1. The number of piperidine rings is 1. The van der Waals surface area contributed by atoms with Crippen molar-refractivity contribution >= 4 is 63.2 Å². The second kappa shape index (κ2) is 11.5. The van der Waals surface area contributed by atoms with Gasteiger partial charge in [0, 0.05) is 36.8 Å². The fraction of sp³-hybridized carbons (Fsp3) is 0.462. The quantitative estimate of drug-likeness (QED) is 0.276. The number of nitrogens with zero attached hydrogens (tertiary/aromatic N) is 5. The monoisotopic (exact) mass is 623 g/mol. The molecule has 1 aromatic carbocycles. The van der Waals surface area contributed by atoms with Crippen LogP contribution >= 0.6 is 23.2 Å². The van der Waals surface area contributed by atoms with Crippen LogP contribution < -0.4 is 14.9 Å². The Labute approximate surface area is 249 Å². The third-order valence-electron chi connectivity index (χ3n) is 6.85. The van der Waals surface area contributed by atoms with Crippen molar-refractivity contribution in [3.63, 3.8) is 0 Å². The first-order valence-electron chi connectivity index (χ1n) is 13.2. The van der Waals surface area contributed by atoms with Gasteiger partial charge in [0.15, 0.2) is 5.65 Å². The largest absolute Gasteiger partial charge is 0.444 e. The van der Waals surface area contributed by atoms with Gasteiger partial charge in [-0.3, -0.25) is 9.52 Å². The first-order valence-corrected chi connectivity index (χ1v) is 15.1. The van der Waals surface area contributed by atoms with Gasteiger partial charge in [0.1, 0.15) is 16.6 Å². The Morgan fingerprint density at radius 1 is 1.10 bits per heavy atom. The molecule has 4 heterocycles. The fourth-order valence-corrected chi connectivity index (χ4v) is 5.84. The average molecular weight is 625 g/mol. The standard InChI is InChI=1S/C26H31Cl2N7O5S/c1-26(2,3)40-25(37)29-16-13-33(14-16)23-12-21(28)30-22-11-19(31-35(22)23)20-6-4-5-9-34(20)24(36)17-10-15(27)7-8-18(17)32-41(38)39/h7-8,10-12,16,20,41H,4-6,9,13-14H2,1-3H3,(H,29,37)(H,32,38,39)/t20-/m0/s1. The number of carbonyl (C=O) groups excluding carboxylic acids is 2. The number of benzene rings is 1. The van der Waals surface area contributed by atoms with E-state index in [2.05, 4.69) is 15.0 Å². The van der Waals surface area contributed by atoms with Crippen LogP contribution in [0.15, 0.2) is 30.3 Å². The minimum absolute atomic E-state index is 0.0990. The van der Waals surface area contributed by atoms with Crippen molar-refractivity contribution in [1.29, 1.82) is 0 Å². The molecule has 2 aromatic heterocycles. The van der Waals surface area contributed by atoms with Crippen molar-refractivity contribution in [2.75, 3.05) is 29.3 Å². The van der Waals surface area contributed by atoms with E-state index in [-0.39, 0.29) is 29.2 Å². The predicted octanol–water partition coefficient (Wildman–Crippen LogP) is 4.06. The van der Waals surface area contributed by atoms with Crippen molar-refractivity contribution in [3.05, 3.63) is 51.8 Å². The molecule has 0 unspecified atom stereocenters. The zero-order chi connectivity index (χ0) is 29.5. The number of likely N-dealkylation sites (tertiary alicyclic amines) is 1. The normalized spacial score (nSPS) is 18.0. The molecule has 220 valence electrons. The molecule has 15 heteroatoms. The molecular weight excluding hydrogens is 593 g/mol. The van der Waals surface area contributed by atoms with E-state index >= 15 is 0 Å². The van der Waals surface area contributed by atoms with E-state index in [4.69, 9.17) is 33.0 Å². The Kier molecular flexibility index (Phi) is 8.22. The van der Waals surface area contributed by atoms with Crippen LogP contribution in [0, 0.1) is 0 Å². The molecule has 2 fully saturated rings. The number of thiol groups is 1. The highest BCUT2D eigenvalue weighted by Gasteiger charge is 2.34. The van der Waals surface area contributed by atoms with Crippen LogP contribution in [0.5, 0.6) is 0 Å². The Morgan fingerprint density at radius 2 is 1.85 bits per heavy atom. The molecule has 2 aliphatic heterocycles. The van der Waals surface area contributed by atoms with Crippen molar-refractivity contribution in [1.82, 2.24) is 24.8 Å². The van der Waals surface area contributed by atoms with Gasteiger partial charge >= 0.3 is 6.09 Å². The lowest BCUT2D eigenvalue weighted by Crippen LogP contribution is -2.60. The van der Waals surface area contributed by atoms with Crippen LogP contribution in [0.1, 0.15) is 62.1 Å². The Balaban J connectivity index is 1.39. The molecule has 0 bridgehead atoms. The van der Waals surface area contributed by atoms with Gasteiger partial charge in [-0.05, 0) is 58.2 Å². The molecule has 0 aliphatic carbocycles. The van der Waals surface area contributed by atoms with E-state index in [1.807, 2.05) is 31.7 Å². The number of anilines is 2. The van der Waals surface area contributed by atoms with Gasteiger partial charge in [-0.25, -0.2) is 18.2 Å². The Morgan fingerprint density at radius 3 is 2.56 bits per heavy atom. The maximum Gasteiger partial charge on any atom is 0.407 e. The van der Waals surface area contributed by atoms with Crippen LogP contribution in [-0.4, -0.2) is 71.2 Å². The zero-order valence-electron chi connectivity index (χ0n) is 22.8. The number of alkyl carbamates (subject to hydrolysis) is 1. The number of halogens is 2. The minimum atomic E-state index is -2.97. The van der Waals surface area contributed by atoms with Crippen molar-refractivity contribution in [3.8, 4) is 0 Å². The lowest BCUT2D eigenvalue weighted by atomic mass is 9.98. The number of carbonyl (C=O) groups is 2. The van der Waals surface area contributed by atoms with E-state index in [1.165, 1.54) is 18.2 Å². The lowest BCUT2D eigenvalue weighted by Gasteiger charge is -2.41. The smallest absolute Gasteiger partial charge is 0.407 e. The number of aromatic nitrogens is 3. The highest BCUT2D eigenvalue weighted by molar-refractivity contribution is 7.73. The van der Waals surface area contributed by atoms with Crippen molar-refractivity contribution in [2.45, 2.75) is 57.7 Å². The zero-order valence-corrected chi connectivity index (χ0v) is 25.2. The summed E-state index contributed by atoms with van der Waals surface area (Å²) in [5.41, 5.74) is 0.913. The fourth-order valence-electron chi connectivity index (χ4n) is 5.09. The number of ether oxygens (including phenoxy) is 1. The summed E-state index contributed by atoms with van der Waals surface area (Å²) >= 11 is 12.5. The topological polar surface area (TPSA) is 138 Å². The highest BCUT2D eigenvalue weighted by atomic mass is 35.5. The van der Waals surface area contributed by atoms with Crippen LogP contribution in [-0.2, 0) is 15.6 Å². The molecule has 2 saturated heterocycles. The summed E-state index contributed by atoms with van der Waals surface area (Å²) < 4.78 is 32.1. The summed E-state index contributed by atoms with van der Waals surface area (Å²) in [5, 5.41) is 8.32. The summed E-state index contributed by atoms with van der Waals surface area (Å²) in [7, 11) is -2.97. The van der Waals surface area contributed by atoms with Gasteiger partial charge in [0.05, 0.1) is 29.0 Å². The summed E-state index contributed by atoms with van der Waals surface area (Å²) in [6, 6.07) is 7.52. The number of rotatable bonds is 6. The Bertz CT molecular complexity index is 1560. The Hall–Kier alpha value is -3.29. The van der Waals surface area contributed by atoms with E-state index in [9.17, 15) is 18.0 Å². The second-order valence-electron chi connectivity index (χ2n) is 11.1. The van der Waals surface area contributed by atoms with Crippen LogP contribution in [0.2, 0.25) is 10.2 Å². The number of hydrogen-bond donors (Lipinski definition) is 3. The molecule has 2 amide bonds. The van der Waals surface area contributed by atoms with Gasteiger partial charge in [-0.2, -0.15) is 9.61 Å². The number of hydrogen-bond acceptors (Lipinski definition) is 8. The third-order valence-corrected chi connectivity index (χ3v) is 7.70. The van der Waals surface area contributed by atoms with Crippen LogP contribution in [0.25, 0.3) is 5.65 Å². The molecule has 12 nitrogen and oxygen atoms in total. The van der Waals surface area contributed by atoms with Gasteiger partial charge in [0.25, 0.3) is 5.91 Å². The van der Waals surface area contributed by atoms with E-state index in [0.29, 0.717) is 53.4 Å². The minimum Gasteiger partial charge on any atom is -0.444 e. The number of nitrogens with one attached hydrogen (secondary N) is 2. The van der Waals surface area contributed by atoms with Gasteiger partial charge in [-0.15, -0.1) is 0 Å². The third kappa shape index (κ3) is 6.62. The number of amides is 2. The molecule has 1 atom stereocenters. The molecule has 0 radical (unpaired) electrons. The SMILES string of the molecule is CC(C)(C)OC(=O)NC1CN(c2cc(Cl)nc3cc([C@@H]4CCCCN4C(=O)c4cc(Cl)ccc4N[SH](=O)=O)nn23)C1. The van der Waals surface area contributed by atoms with E-state index in [0.717, 1.165) is 12.8 Å². The van der Waals surface area contributed by atoms with Crippen molar-refractivity contribution in [2.24, 2.45) is 0 Å². The van der Waals surface area contributed by atoms with E-state index in [1.54, 1.807) is 15.5 Å². The highest BCUT2D eigenvalue weighted by Crippen LogP contribution is 2.35. The predicted molar refractivity (Wildman–Crippen MR) is 156 cm³/mol. The molecule has 2 N–H and O–H groups in total. The molecule has 0 spiro atoms. The maximum atomic E-state index is 13.8. The summed E-state index contributed by atoms with van der Waals surface area (Å²) in [6.45, 7) is 6.97. The van der Waals surface area contributed by atoms with E-state index < -0.39 is 22.6 Å². The summed E-state index contributed by atoms with van der Waals surface area (Å²) in [6.07, 6.45) is 1.89. The first-order chi connectivity index (χ1) is 19.4. The summed E-state index contributed by atoms with van der Waals surface area (Å²) in [5.74, 6) is 0.362. The molecular formula is C26H31Cl2N7O5S. The first kappa shape index (κ1) is 29.2. The lowest BCUT2D eigenvalue weighted by molar-refractivity contribution is 0.0495.